The number of carbonyl (C=O) groups is 1. The third-order valence-corrected chi connectivity index (χ3v) is 6.91. The molecule has 0 atom stereocenters. The molecular weight excluding hydrogens is 386 g/mol. The molecule has 1 aliphatic heterocycles. The first-order valence-corrected chi connectivity index (χ1v) is 10.7. The van der Waals surface area contributed by atoms with Crippen LogP contribution in [-0.4, -0.2) is 38.1 Å². The first-order valence-electron chi connectivity index (χ1n) is 9.93. The summed E-state index contributed by atoms with van der Waals surface area (Å²) in [6.45, 7) is 1.80. The number of anilines is 1. The zero-order valence-corrected chi connectivity index (χ0v) is 17.7. The third-order valence-electron chi connectivity index (χ3n) is 5.70. The fraction of sp³-hybridized carbons (Fsp3) is 0.455. The number of fused-ring (bicyclic) bond motifs is 2. The van der Waals surface area contributed by atoms with Crippen molar-refractivity contribution in [2.24, 2.45) is 0 Å². The summed E-state index contributed by atoms with van der Waals surface area (Å²) in [5.74, 6) is 1.38. The first kappa shape index (κ1) is 19.7. The minimum atomic E-state index is -0.0657. The van der Waals surface area contributed by atoms with E-state index in [1.807, 2.05) is 12.1 Å². The monoisotopic (exact) mass is 411 g/mol. The van der Waals surface area contributed by atoms with Crippen molar-refractivity contribution < 1.29 is 14.3 Å². The van der Waals surface area contributed by atoms with Crippen LogP contribution in [0.15, 0.2) is 12.1 Å². The molecule has 29 heavy (non-hydrogen) atoms. The highest BCUT2D eigenvalue weighted by Gasteiger charge is 2.24. The van der Waals surface area contributed by atoms with Gasteiger partial charge in [0.25, 0.3) is 0 Å². The van der Waals surface area contributed by atoms with Gasteiger partial charge in [0.1, 0.15) is 11.1 Å². The number of amides is 1. The maximum absolute atomic E-state index is 12.7. The van der Waals surface area contributed by atoms with Gasteiger partial charge in [-0.2, -0.15) is 5.26 Å². The van der Waals surface area contributed by atoms with Gasteiger partial charge in [-0.05, 0) is 60.9 Å². The summed E-state index contributed by atoms with van der Waals surface area (Å²) in [5.41, 5.74) is 4.20. The van der Waals surface area contributed by atoms with E-state index in [-0.39, 0.29) is 5.91 Å². The molecular formula is C22H25N3O3S. The van der Waals surface area contributed by atoms with Gasteiger partial charge in [0, 0.05) is 18.0 Å². The van der Waals surface area contributed by atoms with Gasteiger partial charge < -0.3 is 14.8 Å². The Morgan fingerprint density at radius 1 is 1.17 bits per heavy atom. The molecule has 0 bridgehead atoms. The largest absolute Gasteiger partial charge is 0.493 e. The Kier molecular flexibility index (Phi) is 5.74. The number of aryl methyl sites for hydroxylation is 1. The van der Waals surface area contributed by atoms with E-state index in [1.54, 1.807) is 25.6 Å². The van der Waals surface area contributed by atoms with E-state index in [1.165, 1.54) is 10.4 Å². The van der Waals surface area contributed by atoms with Crippen molar-refractivity contribution in [3.8, 4) is 17.6 Å². The summed E-state index contributed by atoms with van der Waals surface area (Å²) in [6.07, 6.45) is 5.09. The molecule has 1 aromatic carbocycles. The van der Waals surface area contributed by atoms with Crippen LogP contribution in [0.2, 0.25) is 0 Å². The van der Waals surface area contributed by atoms with Crippen molar-refractivity contribution in [1.82, 2.24) is 4.90 Å². The summed E-state index contributed by atoms with van der Waals surface area (Å²) in [6, 6.07) is 6.33. The second kappa shape index (κ2) is 8.44. The molecule has 152 valence electrons. The number of rotatable bonds is 5. The van der Waals surface area contributed by atoms with Gasteiger partial charge in [-0.15, -0.1) is 11.3 Å². The number of nitrogens with zero attached hydrogens (tertiary/aromatic N) is 2. The van der Waals surface area contributed by atoms with Crippen LogP contribution in [0.1, 0.15) is 40.0 Å². The van der Waals surface area contributed by atoms with Gasteiger partial charge in [-0.3, -0.25) is 9.69 Å². The Hall–Kier alpha value is -2.56. The molecule has 2 heterocycles. The van der Waals surface area contributed by atoms with Crippen LogP contribution in [0.25, 0.3) is 0 Å². The van der Waals surface area contributed by atoms with Crippen LogP contribution in [0.3, 0.4) is 0 Å². The van der Waals surface area contributed by atoms with Crippen LogP contribution in [-0.2, 0) is 30.6 Å². The number of benzene rings is 1. The highest BCUT2D eigenvalue weighted by molar-refractivity contribution is 7.16. The van der Waals surface area contributed by atoms with E-state index in [0.29, 0.717) is 29.4 Å². The molecule has 1 aliphatic carbocycles. The zero-order chi connectivity index (χ0) is 20.4. The molecule has 0 saturated heterocycles. The molecule has 0 spiro atoms. The van der Waals surface area contributed by atoms with Gasteiger partial charge in [-0.1, -0.05) is 0 Å². The molecule has 0 unspecified atom stereocenters. The lowest BCUT2D eigenvalue weighted by Crippen LogP contribution is -2.37. The highest BCUT2D eigenvalue weighted by Crippen LogP contribution is 2.38. The first-order chi connectivity index (χ1) is 14.1. The Balaban J connectivity index is 1.44. The second-order valence-corrected chi connectivity index (χ2v) is 8.62. The average Bonchev–Trinajstić information content (AvgIpc) is 3.09. The van der Waals surface area contributed by atoms with Crippen molar-refractivity contribution in [2.75, 3.05) is 32.6 Å². The number of carbonyl (C=O) groups excluding carboxylic acids is 1. The van der Waals surface area contributed by atoms with Crippen molar-refractivity contribution in [1.29, 1.82) is 5.26 Å². The smallest absolute Gasteiger partial charge is 0.239 e. The highest BCUT2D eigenvalue weighted by atomic mass is 32.1. The Morgan fingerprint density at radius 2 is 1.90 bits per heavy atom. The molecule has 0 saturated carbocycles. The van der Waals surface area contributed by atoms with Gasteiger partial charge in [0.15, 0.2) is 11.5 Å². The topological polar surface area (TPSA) is 74.6 Å². The maximum atomic E-state index is 12.7. The summed E-state index contributed by atoms with van der Waals surface area (Å²) >= 11 is 1.57. The van der Waals surface area contributed by atoms with E-state index in [4.69, 9.17) is 9.47 Å². The number of hydrogen-bond acceptors (Lipinski definition) is 6. The Bertz CT molecular complexity index is 977. The number of ether oxygens (including phenoxy) is 2. The summed E-state index contributed by atoms with van der Waals surface area (Å²) in [7, 11) is 3.27. The standard InChI is InChI=1S/C22H25N3O3S/c1-27-18-9-14-7-8-25(12-15(14)10-19(18)28-2)13-21(26)24-22-17(11-23)16-5-3-4-6-20(16)29-22/h9-10H,3-8,12-13H2,1-2H3,(H,24,26). The number of thiophene rings is 1. The molecule has 1 amide bonds. The Morgan fingerprint density at radius 3 is 2.62 bits per heavy atom. The van der Waals surface area contributed by atoms with Crippen LogP contribution >= 0.6 is 11.3 Å². The van der Waals surface area contributed by atoms with Gasteiger partial charge >= 0.3 is 0 Å². The molecule has 1 aromatic heterocycles. The fourth-order valence-electron chi connectivity index (χ4n) is 4.22. The number of nitrogens with one attached hydrogen (secondary N) is 1. The lowest BCUT2D eigenvalue weighted by molar-refractivity contribution is -0.117. The zero-order valence-electron chi connectivity index (χ0n) is 16.8. The van der Waals surface area contributed by atoms with Crippen molar-refractivity contribution in [3.63, 3.8) is 0 Å². The van der Waals surface area contributed by atoms with Crippen molar-refractivity contribution in [3.05, 3.63) is 39.3 Å². The van der Waals surface area contributed by atoms with Crippen LogP contribution in [0.4, 0.5) is 5.00 Å². The molecule has 6 nitrogen and oxygen atoms in total. The van der Waals surface area contributed by atoms with E-state index in [0.717, 1.165) is 55.5 Å². The lowest BCUT2D eigenvalue weighted by atomic mass is 9.96. The third kappa shape index (κ3) is 3.96. The average molecular weight is 412 g/mol. The van der Waals surface area contributed by atoms with E-state index < -0.39 is 0 Å². The summed E-state index contributed by atoms with van der Waals surface area (Å²) < 4.78 is 10.8. The van der Waals surface area contributed by atoms with Crippen LogP contribution in [0, 0.1) is 11.3 Å². The van der Waals surface area contributed by atoms with Crippen LogP contribution < -0.4 is 14.8 Å². The molecule has 2 aliphatic rings. The lowest BCUT2D eigenvalue weighted by Gasteiger charge is -2.29. The van der Waals surface area contributed by atoms with Gasteiger partial charge in [0.2, 0.25) is 5.91 Å². The number of nitriles is 1. The minimum Gasteiger partial charge on any atom is -0.493 e. The second-order valence-electron chi connectivity index (χ2n) is 7.51. The Labute approximate surface area is 175 Å². The number of hydrogen-bond donors (Lipinski definition) is 1. The summed E-state index contributed by atoms with van der Waals surface area (Å²) in [5, 5.41) is 13.3. The van der Waals surface area contributed by atoms with Gasteiger partial charge in [-0.25, -0.2) is 0 Å². The minimum absolute atomic E-state index is 0.0657. The molecule has 0 radical (unpaired) electrons. The van der Waals surface area contributed by atoms with E-state index in [2.05, 4.69) is 16.3 Å². The molecule has 7 heteroatoms. The normalized spacial score (nSPS) is 15.8. The van der Waals surface area contributed by atoms with Gasteiger partial charge in [0.05, 0.1) is 26.3 Å². The van der Waals surface area contributed by atoms with E-state index in [9.17, 15) is 10.1 Å². The predicted molar refractivity (Wildman–Crippen MR) is 113 cm³/mol. The van der Waals surface area contributed by atoms with Crippen LogP contribution in [0.5, 0.6) is 11.5 Å². The maximum Gasteiger partial charge on any atom is 0.239 e. The molecule has 4 rings (SSSR count). The molecule has 2 aromatic rings. The predicted octanol–water partition coefficient (Wildman–Crippen LogP) is 3.51. The fourth-order valence-corrected chi connectivity index (χ4v) is 5.47. The molecule has 0 fully saturated rings. The summed E-state index contributed by atoms with van der Waals surface area (Å²) in [4.78, 5) is 16.1. The van der Waals surface area contributed by atoms with Crippen molar-refractivity contribution in [2.45, 2.75) is 38.6 Å². The number of methoxy groups -OCH3 is 2. The SMILES string of the molecule is COc1cc2c(cc1OC)CN(CC(=O)Nc1sc3c(c1C#N)CCCC3)CC2. The van der Waals surface area contributed by atoms with E-state index >= 15 is 0 Å². The molecule has 1 N–H and O–H groups in total. The van der Waals surface area contributed by atoms with Crippen molar-refractivity contribution >= 4 is 22.2 Å². The quantitative estimate of drug-likeness (QED) is 0.815.